The summed E-state index contributed by atoms with van der Waals surface area (Å²) in [5.74, 6) is 6.50. The molecule has 4 N–H and O–H groups in total. The second-order valence-electron chi connectivity index (χ2n) is 3.95. The number of hydrazine groups is 1. The van der Waals surface area contributed by atoms with Crippen LogP contribution in [0.15, 0.2) is 23.4 Å². The van der Waals surface area contributed by atoms with Gasteiger partial charge in [0.05, 0.1) is 22.4 Å². The van der Waals surface area contributed by atoms with Gasteiger partial charge in [-0.1, -0.05) is 23.4 Å². The second kappa shape index (κ2) is 5.98. The molecule has 10 heteroatoms. The van der Waals surface area contributed by atoms with Crippen LogP contribution in [0.1, 0.15) is 0 Å². The van der Waals surface area contributed by atoms with Crippen LogP contribution in [0.25, 0.3) is 11.0 Å². The predicted molar refractivity (Wildman–Crippen MR) is 87.3 cm³/mol. The minimum atomic E-state index is 0.511. The SMILES string of the molecule is CSc1nc(NN)cc(Nc2c(Cl)ccc3nsnc23)n1. The van der Waals surface area contributed by atoms with E-state index in [0.717, 1.165) is 17.2 Å². The molecule has 3 rings (SSSR count). The van der Waals surface area contributed by atoms with Crippen molar-refractivity contribution in [2.75, 3.05) is 17.0 Å². The van der Waals surface area contributed by atoms with Crippen LogP contribution in [0, 0.1) is 0 Å². The Morgan fingerprint density at radius 3 is 2.81 bits per heavy atom. The molecular weight excluding hydrogens is 330 g/mol. The highest BCUT2D eigenvalue weighted by atomic mass is 35.5. The van der Waals surface area contributed by atoms with Gasteiger partial charge in [-0.25, -0.2) is 15.8 Å². The lowest BCUT2D eigenvalue weighted by atomic mass is 10.2. The van der Waals surface area contributed by atoms with Crippen molar-refractivity contribution < 1.29 is 0 Å². The van der Waals surface area contributed by atoms with Gasteiger partial charge in [0.15, 0.2) is 5.16 Å². The number of nitrogens with zero attached hydrogens (tertiary/aromatic N) is 4. The predicted octanol–water partition coefficient (Wildman–Crippen LogP) is 2.89. The van der Waals surface area contributed by atoms with Gasteiger partial charge in [-0.15, -0.1) is 0 Å². The molecule has 0 bridgehead atoms. The fraction of sp³-hybridized carbons (Fsp3) is 0.0909. The number of hydrogen-bond acceptors (Lipinski definition) is 9. The van der Waals surface area contributed by atoms with Crippen molar-refractivity contribution in [2.24, 2.45) is 5.84 Å². The molecule has 0 atom stereocenters. The third-order valence-electron chi connectivity index (χ3n) is 2.67. The Labute approximate surface area is 133 Å². The van der Waals surface area contributed by atoms with E-state index in [-0.39, 0.29) is 0 Å². The summed E-state index contributed by atoms with van der Waals surface area (Å²) in [6, 6.07) is 5.29. The lowest BCUT2D eigenvalue weighted by Crippen LogP contribution is -2.10. The molecule has 0 aliphatic heterocycles. The number of rotatable bonds is 4. The van der Waals surface area contributed by atoms with Crippen LogP contribution in [-0.4, -0.2) is 25.0 Å². The summed E-state index contributed by atoms with van der Waals surface area (Å²) in [5, 5.41) is 4.30. The zero-order valence-electron chi connectivity index (χ0n) is 10.8. The van der Waals surface area contributed by atoms with E-state index in [1.165, 1.54) is 11.8 Å². The van der Waals surface area contributed by atoms with Crippen LogP contribution < -0.4 is 16.6 Å². The summed E-state index contributed by atoms with van der Waals surface area (Å²) in [6.07, 6.45) is 1.89. The van der Waals surface area contributed by atoms with Crippen molar-refractivity contribution in [3.05, 3.63) is 23.2 Å². The first kappa shape index (κ1) is 14.3. The van der Waals surface area contributed by atoms with Crippen LogP contribution in [0.4, 0.5) is 17.3 Å². The van der Waals surface area contributed by atoms with E-state index in [1.807, 2.05) is 12.3 Å². The maximum Gasteiger partial charge on any atom is 0.191 e. The van der Waals surface area contributed by atoms with Gasteiger partial charge < -0.3 is 10.7 Å². The number of halogens is 1. The summed E-state index contributed by atoms with van der Waals surface area (Å²) in [5.41, 5.74) is 4.66. The highest BCUT2D eigenvalue weighted by molar-refractivity contribution is 7.98. The van der Waals surface area contributed by atoms with Gasteiger partial charge in [0, 0.05) is 6.07 Å². The van der Waals surface area contributed by atoms with Gasteiger partial charge in [-0.2, -0.15) is 8.75 Å². The van der Waals surface area contributed by atoms with Crippen molar-refractivity contribution in [3.63, 3.8) is 0 Å². The molecule has 108 valence electrons. The molecule has 0 radical (unpaired) electrons. The molecule has 0 spiro atoms. The highest BCUT2D eigenvalue weighted by Crippen LogP contribution is 2.32. The topological polar surface area (TPSA) is 102 Å². The maximum atomic E-state index is 6.24. The zero-order valence-corrected chi connectivity index (χ0v) is 13.2. The largest absolute Gasteiger partial charge is 0.337 e. The Morgan fingerprint density at radius 2 is 2.05 bits per heavy atom. The minimum Gasteiger partial charge on any atom is -0.337 e. The van der Waals surface area contributed by atoms with Crippen LogP contribution >= 0.6 is 35.1 Å². The molecule has 0 unspecified atom stereocenters. The molecule has 2 heterocycles. The highest BCUT2D eigenvalue weighted by Gasteiger charge is 2.12. The Kier molecular flexibility index (Phi) is 4.06. The molecule has 7 nitrogen and oxygen atoms in total. The van der Waals surface area contributed by atoms with Gasteiger partial charge in [-0.3, -0.25) is 0 Å². The summed E-state index contributed by atoms with van der Waals surface area (Å²) in [4.78, 5) is 8.57. The van der Waals surface area contributed by atoms with Crippen LogP contribution in [-0.2, 0) is 0 Å². The first-order valence-corrected chi connectivity index (χ1v) is 8.12. The average molecular weight is 340 g/mol. The minimum absolute atomic E-state index is 0.511. The number of benzene rings is 1. The summed E-state index contributed by atoms with van der Waals surface area (Å²) in [6.45, 7) is 0. The van der Waals surface area contributed by atoms with Crippen LogP contribution in [0.5, 0.6) is 0 Å². The van der Waals surface area contributed by atoms with E-state index in [9.17, 15) is 0 Å². The Morgan fingerprint density at radius 1 is 1.24 bits per heavy atom. The van der Waals surface area contributed by atoms with E-state index in [0.29, 0.717) is 33.0 Å². The van der Waals surface area contributed by atoms with Gasteiger partial charge in [0.1, 0.15) is 22.7 Å². The molecule has 0 aliphatic carbocycles. The van der Waals surface area contributed by atoms with Gasteiger partial charge in [0.2, 0.25) is 0 Å². The monoisotopic (exact) mass is 339 g/mol. The molecule has 0 aliphatic rings. The molecule has 21 heavy (non-hydrogen) atoms. The van der Waals surface area contributed by atoms with E-state index in [2.05, 4.69) is 29.5 Å². The van der Waals surface area contributed by atoms with Crippen molar-refractivity contribution in [3.8, 4) is 0 Å². The normalized spacial score (nSPS) is 10.8. The maximum absolute atomic E-state index is 6.24. The Bertz CT molecular complexity index is 769. The molecular formula is C11H10ClN7S2. The van der Waals surface area contributed by atoms with E-state index < -0.39 is 0 Å². The summed E-state index contributed by atoms with van der Waals surface area (Å²) < 4.78 is 8.45. The first-order chi connectivity index (χ1) is 10.2. The third kappa shape index (κ3) is 2.86. The number of aromatic nitrogens is 4. The van der Waals surface area contributed by atoms with Gasteiger partial charge in [0.25, 0.3) is 0 Å². The molecule has 2 aromatic heterocycles. The number of thioether (sulfide) groups is 1. The van der Waals surface area contributed by atoms with Gasteiger partial charge in [-0.05, 0) is 18.4 Å². The van der Waals surface area contributed by atoms with Crippen molar-refractivity contribution >= 4 is 63.4 Å². The lowest BCUT2D eigenvalue weighted by Gasteiger charge is -2.10. The smallest absolute Gasteiger partial charge is 0.191 e. The van der Waals surface area contributed by atoms with Crippen molar-refractivity contribution in [1.29, 1.82) is 0 Å². The van der Waals surface area contributed by atoms with E-state index >= 15 is 0 Å². The van der Waals surface area contributed by atoms with E-state index in [1.54, 1.807) is 12.1 Å². The summed E-state index contributed by atoms with van der Waals surface area (Å²) in [7, 11) is 0. The van der Waals surface area contributed by atoms with Crippen LogP contribution in [0.2, 0.25) is 5.02 Å². The average Bonchev–Trinajstić information content (AvgIpc) is 2.98. The second-order valence-corrected chi connectivity index (χ2v) is 5.66. The first-order valence-electron chi connectivity index (χ1n) is 5.78. The molecule has 3 aromatic rings. The molecule has 0 amide bonds. The number of nitrogens with one attached hydrogen (secondary N) is 2. The third-order valence-corrected chi connectivity index (χ3v) is 4.07. The molecule has 0 saturated heterocycles. The quantitative estimate of drug-likeness (QED) is 0.288. The molecule has 1 aromatic carbocycles. The fourth-order valence-electron chi connectivity index (χ4n) is 1.73. The number of nitrogen functional groups attached to an aromatic ring is 1. The van der Waals surface area contributed by atoms with E-state index in [4.69, 9.17) is 17.4 Å². The standard InChI is InChI=1S/C11H10ClN7S2/c1-20-11-15-7(4-8(16-11)17-13)14-9-5(12)2-3-6-10(9)19-21-18-6/h2-4H,13H2,1H3,(H2,14,15,16,17). The Hall–Kier alpha value is -1.68. The van der Waals surface area contributed by atoms with Gasteiger partial charge >= 0.3 is 0 Å². The number of fused-ring (bicyclic) bond motifs is 1. The number of hydrogen-bond donors (Lipinski definition) is 3. The number of anilines is 3. The van der Waals surface area contributed by atoms with Crippen LogP contribution in [0.3, 0.4) is 0 Å². The fourth-order valence-corrected chi connectivity index (χ4v) is 2.85. The molecule has 0 fully saturated rings. The summed E-state index contributed by atoms with van der Waals surface area (Å²) >= 11 is 8.79. The van der Waals surface area contributed by atoms with Crippen molar-refractivity contribution in [2.45, 2.75) is 5.16 Å². The zero-order chi connectivity index (χ0) is 14.8. The lowest BCUT2D eigenvalue weighted by molar-refractivity contribution is 0.971. The number of nitrogens with two attached hydrogens (primary N) is 1. The van der Waals surface area contributed by atoms with Crippen molar-refractivity contribution in [1.82, 2.24) is 18.7 Å². The Balaban J connectivity index is 2.06. The molecule has 0 saturated carbocycles.